The van der Waals surface area contributed by atoms with Gasteiger partial charge in [-0.05, 0) is 118 Å². The molecule has 0 heterocycles. The van der Waals surface area contributed by atoms with E-state index in [9.17, 15) is 4.39 Å². The van der Waals surface area contributed by atoms with E-state index < -0.39 is 5.83 Å². The molecule has 186 valence electrons. The topological polar surface area (TPSA) is 23.8 Å². The molecule has 34 heavy (non-hydrogen) atoms. The van der Waals surface area contributed by atoms with Gasteiger partial charge in [0.15, 0.2) is 5.83 Å². The SMILES string of the molecule is CCCCCCCc1ccc([C@H]2CC[C@H](C=C[C@H]3CC[C@H](CCC=C(F)C#N)CC3)CC2)cc1. The summed E-state index contributed by atoms with van der Waals surface area (Å²) in [7, 11) is 0. The van der Waals surface area contributed by atoms with Crippen molar-refractivity contribution in [1.29, 1.82) is 5.26 Å². The Labute approximate surface area is 208 Å². The van der Waals surface area contributed by atoms with Crippen LogP contribution in [-0.4, -0.2) is 0 Å². The van der Waals surface area contributed by atoms with Gasteiger partial charge >= 0.3 is 0 Å². The third kappa shape index (κ3) is 9.40. The van der Waals surface area contributed by atoms with Crippen molar-refractivity contribution in [1.82, 2.24) is 0 Å². The van der Waals surface area contributed by atoms with Gasteiger partial charge in [0.1, 0.15) is 6.07 Å². The maximum Gasteiger partial charge on any atom is 0.196 e. The number of unbranched alkanes of at least 4 members (excludes halogenated alkanes) is 4. The highest BCUT2D eigenvalue weighted by Gasteiger charge is 2.22. The highest BCUT2D eigenvalue weighted by Crippen LogP contribution is 2.38. The number of aryl methyl sites for hydroxylation is 1. The molecule has 1 nitrogen and oxygen atoms in total. The van der Waals surface area contributed by atoms with Crippen molar-refractivity contribution >= 4 is 0 Å². The largest absolute Gasteiger partial charge is 0.196 e. The van der Waals surface area contributed by atoms with E-state index in [-0.39, 0.29) is 0 Å². The number of hydrogen-bond donors (Lipinski definition) is 0. The molecular formula is C32H46FN. The summed E-state index contributed by atoms with van der Waals surface area (Å²) in [5.74, 6) is 2.32. The molecule has 0 spiro atoms. The number of benzene rings is 1. The zero-order valence-electron chi connectivity index (χ0n) is 21.5. The Kier molecular flexibility index (Phi) is 11.9. The molecule has 2 fully saturated rings. The van der Waals surface area contributed by atoms with Crippen LogP contribution in [0.15, 0.2) is 48.3 Å². The van der Waals surface area contributed by atoms with Gasteiger partial charge < -0.3 is 0 Å². The summed E-state index contributed by atoms with van der Waals surface area (Å²) in [6.07, 6.45) is 26.6. The van der Waals surface area contributed by atoms with Crippen LogP contribution in [0.3, 0.4) is 0 Å². The predicted molar refractivity (Wildman–Crippen MR) is 142 cm³/mol. The summed E-state index contributed by atoms with van der Waals surface area (Å²) in [5, 5.41) is 8.50. The molecule has 2 aliphatic rings. The van der Waals surface area contributed by atoms with E-state index in [1.165, 1.54) is 102 Å². The van der Waals surface area contributed by atoms with Crippen molar-refractivity contribution < 1.29 is 4.39 Å². The van der Waals surface area contributed by atoms with Crippen molar-refractivity contribution in [2.45, 2.75) is 116 Å². The van der Waals surface area contributed by atoms with E-state index in [0.29, 0.717) is 12.3 Å². The molecule has 0 atom stereocenters. The maximum absolute atomic E-state index is 12.9. The van der Waals surface area contributed by atoms with Crippen LogP contribution in [0.1, 0.15) is 120 Å². The molecule has 0 bridgehead atoms. The van der Waals surface area contributed by atoms with Gasteiger partial charge in [-0.3, -0.25) is 0 Å². The highest BCUT2D eigenvalue weighted by molar-refractivity contribution is 5.26. The molecule has 0 amide bonds. The number of allylic oxidation sites excluding steroid dienone is 4. The molecule has 3 rings (SSSR count). The predicted octanol–water partition coefficient (Wildman–Crippen LogP) is 9.99. The van der Waals surface area contributed by atoms with E-state index in [0.717, 1.165) is 24.2 Å². The minimum atomic E-state index is -0.628. The Morgan fingerprint density at radius 3 is 2.12 bits per heavy atom. The fraction of sp³-hybridized carbons (Fsp3) is 0.656. The minimum Gasteiger partial charge on any atom is -0.195 e. The lowest BCUT2D eigenvalue weighted by Gasteiger charge is -2.29. The Balaban J connectivity index is 1.32. The lowest BCUT2D eigenvalue weighted by atomic mass is 9.76. The van der Waals surface area contributed by atoms with Crippen LogP contribution >= 0.6 is 0 Å². The maximum atomic E-state index is 12.9. The standard InChI is InChI=1S/C32H46FN/c1-2-3-4-5-6-8-26-17-21-30(22-18-26)31-23-19-29(20-24-31)16-15-28-13-11-27(12-14-28)9-7-10-32(33)25-34/h10,15-18,21-22,27-29,31H,2-9,11-14,19-20,23-24H2,1H3/t27-,28-,29-,31-. The van der Waals surface area contributed by atoms with E-state index in [1.54, 1.807) is 11.6 Å². The third-order valence-corrected chi connectivity index (χ3v) is 8.34. The van der Waals surface area contributed by atoms with Crippen LogP contribution in [-0.2, 0) is 6.42 Å². The first-order valence-electron chi connectivity index (χ1n) is 14.2. The van der Waals surface area contributed by atoms with Gasteiger partial charge in [-0.15, -0.1) is 0 Å². The van der Waals surface area contributed by atoms with Gasteiger partial charge in [0.2, 0.25) is 0 Å². The highest BCUT2D eigenvalue weighted by atomic mass is 19.1. The first kappa shape index (κ1) is 26.7. The van der Waals surface area contributed by atoms with Crippen molar-refractivity contribution in [2.24, 2.45) is 17.8 Å². The monoisotopic (exact) mass is 463 g/mol. The van der Waals surface area contributed by atoms with Gasteiger partial charge in [-0.1, -0.05) is 69.0 Å². The molecule has 0 radical (unpaired) electrons. The van der Waals surface area contributed by atoms with E-state index in [1.807, 2.05) is 0 Å². The van der Waals surface area contributed by atoms with Crippen molar-refractivity contribution in [2.75, 3.05) is 0 Å². The minimum absolute atomic E-state index is 0.628. The molecule has 2 saturated carbocycles. The second-order valence-corrected chi connectivity index (χ2v) is 10.9. The van der Waals surface area contributed by atoms with Crippen molar-refractivity contribution in [3.63, 3.8) is 0 Å². The molecule has 0 N–H and O–H groups in total. The van der Waals surface area contributed by atoms with Crippen LogP contribution < -0.4 is 0 Å². The van der Waals surface area contributed by atoms with Gasteiger partial charge in [0, 0.05) is 0 Å². The lowest BCUT2D eigenvalue weighted by Crippen LogP contribution is -2.14. The molecule has 0 aliphatic heterocycles. The number of hydrogen-bond acceptors (Lipinski definition) is 1. The molecule has 1 aromatic carbocycles. The Morgan fingerprint density at radius 2 is 1.50 bits per heavy atom. The fourth-order valence-electron chi connectivity index (χ4n) is 6.01. The van der Waals surface area contributed by atoms with Crippen LogP contribution in [0.4, 0.5) is 4.39 Å². The Morgan fingerprint density at radius 1 is 0.882 bits per heavy atom. The third-order valence-electron chi connectivity index (χ3n) is 8.34. The Bertz CT molecular complexity index is 783. The first-order valence-corrected chi connectivity index (χ1v) is 14.2. The smallest absolute Gasteiger partial charge is 0.195 e. The fourth-order valence-corrected chi connectivity index (χ4v) is 6.01. The summed E-state index contributed by atoms with van der Waals surface area (Å²) in [6.45, 7) is 2.28. The van der Waals surface area contributed by atoms with Gasteiger partial charge in [-0.2, -0.15) is 9.65 Å². The summed E-state index contributed by atoms with van der Waals surface area (Å²) in [4.78, 5) is 0. The molecule has 2 heteroatoms. The molecule has 0 saturated heterocycles. The number of halogens is 1. The van der Waals surface area contributed by atoms with Gasteiger partial charge in [-0.25, -0.2) is 0 Å². The summed E-state index contributed by atoms with van der Waals surface area (Å²) in [5.41, 5.74) is 3.07. The van der Waals surface area contributed by atoms with Crippen LogP contribution in [0.25, 0.3) is 0 Å². The van der Waals surface area contributed by atoms with Crippen molar-refractivity contribution in [3.8, 4) is 6.07 Å². The average Bonchev–Trinajstić information content (AvgIpc) is 2.88. The average molecular weight is 464 g/mol. The molecular weight excluding hydrogens is 417 g/mol. The summed E-state index contributed by atoms with van der Waals surface area (Å²) < 4.78 is 12.9. The molecule has 0 aromatic heterocycles. The zero-order valence-corrected chi connectivity index (χ0v) is 21.5. The van der Waals surface area contributed by atoms with Gasteiger partial charge in [0.05, 0.1) is 0 Å². The van der Waals surface area contributed by atoms with Crippen LogP contribution in [0.5, 0.6) is 0 Å². The molecule has 2 aliphatic carbocycles. The van der Waals surface area contributed by atoms with E-state index >= 15 is 0 Å². The van der Waals surface area contributed by atoms with Gasteiger partial charge in [0.25, 0.3) is 0 Å². The molecule has 0 unspecified atom stereocenters. The lowest BCUT2D eigenvalue weighted by molar-refractivity contribution is 0.295. The first-order chi connectivity index (χ1) is 16.7. The van der Waals surface area contributed by atoms with E-state index in [4.69, 9.17) is 5.26 Å². The van der Waals surface area contributed by atoms with Crippen LogP contribution in [0.2, 0.25) is 0 Å². The summed E-state index contributed by atoms with van der Waals surface area (Å²) in [6, 6.07) is 11.1. The zero-order chi connectivity index (χ0) is 24.0. The quantitative estimate of drug-likeness (QED) is 0.172. The second kappa shape index (κ2) is 15.2. The molecule has 1 aromatic rings. The summed E-state index contributed by atoms with van der Waals surface area (Å²) >= 11 is 0. The van der Waals surface area contributed by atoms with Crippen LogP contribution in [0, 0.1) is 29.1 Å². The normalized spacial score (nSPS) is 26.0. The second-order valence-electron chi connectivity index (χ2n) is 10.9. The Hall–Kier alpha value is -1.88. The number of nitriles is 1. The van der Waals surface area contributed by atoms with E-state index in [2.05, 4.69) is 43.3 Å². The number of nitrogens with zero attached hydrogens (tertiary/aromatic N) is 1. The number of rotatable bonds is 12. The van der Waals surface area contributed by atoms with Crippen molar-refractivity contribution in [3.05, 3.63) is 59.4 Å².